The van der Waals surface area contributed by atoms with Crippen LogP contribution in [0.4, 0.5) is 4.39 Å². The van der Waals surface area contributed by atoms with Gasteiger partial charge < -0.3 is 4.74 Å². The molecule has 2 rings (SSSR count). The standard InChI is InChI=1S/C7H7FO2/c1-7(8)3-2-4(9)5-6(7)10-5/h2-3,5-6H,1H3. The molecule has 10 heavy (non-hydrogen) atoms. The Morgan fingerprint density at radius 3 is 3.10 bits per heavy atom. The molecule has 0 amide bonds. The Kier molecular flexibility index (Phi) is 0.892. The molecule has 0 radical (unpaired) electrons. The van der Waals surface area contributed by atoms with Crippen LogP contribution in [0.15, 0.2) is 12.2 Å². The van der Waals surface area contributed by atoms with Crippen LogP contribution in [0, 0.1) is 0 Å². The van der Waals surface area contributed by atoms with Crippen molar-refractivity contribution in [2.24, 2.45) is 0 Å². The number of rotatable bonds is 0. The lowest BCUT2D eigenvalue weighted by Crippen LogP contribution is -2.30. The van der Waals surface area contributed by atoms with Crippen LogP contribution in [-0.4, -0.2) is 23.7 Å². The van der Waals surface area contributed by atoms with Gasteiger partial charge in [0.2, 0.25) is 0 Å². The number of epoxide rings is 1. The first-order valence-electron chi connectivity index (χ1n) is 3.19. The number of alkyl halides is 1. The Bertz CT molecular complexity index is 220. The van der Waals surface area contributed by atoms with Crippen molar-refractivity contribution < 1.29 is 13.9 Å². The summed E-state index contributed by atoms with van der Waals surface area (Å²) in [7, 11) is 0. The number of ketones is 1. The van der Waals surface area contributed by atoms with Crippen molar-refractivity contribution in [2.75, 3.05) is 0 Å². The van der Waals surface area contributed by atoms with Gasteiger partial charge in [0.1, 0.15) is 12.2 Å². The maximum absolute atomic E-state index is 13.1. The topological polar surface area (TPSA) is 29.6 Å². The number of carbonyl (C=O) groups is 1. The molecule has 1 aliphatic heterocycles. The van der Waals surface area contributed by atoms with Crippen LogP contribution in [0.5, 0.6) is 0 Å². The van der Waals surface area contributed by atoms with Gasteiger partial charge in [0, 0.05) is 0 Å². The molecular formula is C7H7FO2. The van der Waals surface area contributed by atoms with Crippen LogP contribution in [0.1, 0.15) is 6.92 Å². The number of carbonyl (C=O) groups excluding carboxylic acids is 1. The number of fused-ring (bicyclic) bond motifs is 1. The summed E-state index contributed by atoms with van der Waals surface area (Å²) in [5, 5.41) is 0. The molecule has 3 unspecified atom stereocenters. The van der Waals surface area contributed by atoms with Crippen LogP contribution in [0.25, 0.3) is 0 Å². The Morgan fingerprint density at radius 1 is 1.80 bits per heavy atom. The van der Waals surface area contributed by atoms with Crippen molar-refractivity contribution >= 4 is 5.78 Å². The third kappa shape index (κ3) is 0.639. The van der Waals surface area contributed by atoms with E-state index in [2.05, 4.69) is 0 Å². The molecule has 3 atom stereocenters. The molecule has 0 aromatic heterocycles. The monoisotopic (exact) mass is 142 g/mol. The van der Waals surface area contributed by atoms with Crippen LogP contribution in [-0.2, 0) is 9.53 Å². The molecule has 3 heteroatoms. The van der Waals surface area contributed by atoms with Gasteiger partial charge in [-0.05, 0) is 19.1 Å². The van der Waals surface area contributed by atoms with Crippen molar-refractivity contribution in [3.8, 4) is 0 Å². The van der Waals surface area contributed by atoms with Gasteiger partial charge in [0.25, 0.3) is 0 Å². The predicted molar refractivity (Wildman–Crippen MR) is 32.3 cm³/mol. The van der Waals surface area contributed by atoms with E-state index in [9.17, 15) is 9.18 Å². The summed E-state index contributed by atoms with van der Waals surface area (Å²) in [6, 6.07) is 0. The molecule has 1 heterocycles. The number of halogens is 1. The second kappa shape index (κ2) is 1.48. The van der Waals surface area contributed by atoms with Crippen molar-refractivity contribution in [2.45, 2.75) is 24.8 Å². The van der Waals surface area contributed by atoms with E-state index in [0.29, 0.717) is 0 Å². The number of hydrogen-bond donors (Lipinski definition) is 0. The Balaban J connectivity index is 2.32. The fourth-order valence-corrected chi connectivity index (χ4v) is 1.19. The molecule has 1 saturated heterocycles. The predicted octanol–water partition coefficient (Wildman–Crippen LogP) is 0.621. The van der Waals surface area contributed by atoms with E-state index in [-0.39, 0.29) is 5.78 Å². The smallest absolute Gasteiger partial charge is 0.187 e. The molecule has 0 spiro atoms. The summed E-state index contributed by atoms with van der Waals surface area (Å²) in [5.74, 6) is -0.111. The summed E-state index contributed by atoms with van der Waals surface area (Å²) in [4.78, 5) is 10.7. The van der Waals surface area contributed by atoms with Crippen molar-refractivity contribution in [1.29, 1.82) is 0 Å². The van der Waals surface area contributed by atoms with E-state index in [0.717, 1.165) is 0 Å². The maximum atomic E-state index is 13.1. The van der Waals surface area contributed by atoms with Gasteiger partial charge in [-0.15, -0.1) is 0 Å². The lowest BCUT2D eigenvalue weighted by molar-refractivity contribution is -0.115. The van der Waals surface area contributed by atoms with E-state index < -0.39 is 17.9 Å². The molecule has 0 bridgehead atoms. The van der Waals surface area contributed by atoms with Gasteiger partial charge in [-0.1, -0.05) is 0 Å². The Labute approximate surface area is 57.7 Å². The third-order valence-corrected chi connectivity index (χ3v) is 1.90. The van der Waals surface area contributed by atoms with E-state index in [1.54, 1.807) is 0 Å². The lowest BCUT2D eigenvalue weighted by atomic mass is 9.94. The average Bonchev–Trinajstić information content (AvgIpc) is 2.58. The first kappa shape index (κ1) is 6.04. The lowest BCUT2D eigenvalue weighted by Gasteiger charge is -2.14. The first-order chi connectivity index (χ1) is 4.61. The van der Waals surface area contributed by atoms with E-state index in [1.165, 1.54) is 19.1 Å². The first-order valence-corrected chi connectivity index (χ1v) is 3.19. The van der Waals surface area contributed by atoms with E-state index in [1.807, 2.05) is 0 Å². The molecule has 0 saturated carbocycles. The third-order valence-electron chi connectivity index (χ3n) is 1.90. The summed E-state index contributed by atoms with van der Waals surface area (Å²) in [6.45, 7) is 1.42. The van der Waals surface area contributed by atoms with Crippen molar-refractivity contribution in [1.82, 2.24) is 0 Å². The zero-order valence-corrected chi connectivity index (χ0v) is 5.50. The highest BCUT2D eigenvalue weighted by atomic mass is 19.1. The molecule has 1 fully saturated rings. The Morgan fingerprint density at radius 2 is 2.50 bits per heavy atom. The van der Waals surface area contributed by atoms with Gasteiger partial charge >= 0.3 is 0 Å². The summed E-state index contributed by atoms with van der Waals surface area (Å²) < 4.78 is 17.9. The van der Waals surface area contributed by atoms with Crippen LogP contribution < -0.4 is 0 Å². The minimum absolute atomic E-state index is 0.111. The Hall–Kier alpha value is -0.700. The molecule has 54 valence electrons. The quantitative estimate of drug-likeness (QED) is 0.464. The zero-order valence-electron chi connectivity index (χ0n) is 5.50. The van der Waals surface area contributed by atoms with Crippen LogP contribution in [0.2, 0.25) is 0 Å². The van der Waals surface area contributed by atoms with Gasteiger partial charge in [0.05, 0.1) is 0 Å². The largest absolute Gasteiger partial charge is 0.357 e. The zero-order chi connectivity index (χ0) is 7.35. The van der Waals surface area contributed by atoms with Gasteiger partial charge in [-0.25, -0.2) is 4.39 Å². The van der Waals surface area contributed by atoms with Crippen LogP contribution in [0.3, 0.4) is 0 Å². The maximum Gasteiger partial charge on any atom is 0.187 e. The number of ether oxygens (including phenoxy) is 1. The minimum atomic E-state index is -1.43. The second-order valence-corrected chi connectivity index (χ2v) is 2.86. The van der Waals surface area contributed by atoms with Crippen molar-refractivity contribution in [3.63, 3.8) is 0 Å². The fourth-order valence-electron chi connectivity index (χ4n) is 1.19. The minimum Gasteiger partial charge on any atom is -0.357 e. The van der Waals surface area contributed by atoms with Crippen molar-refractivity contribution in [3.05, 3.63) is 12.2 Å². The molecule has 0 N–H and O–H groups in total. The summed E-state index contributed by atoms with van der Waals surface area (Å²) in [5.41, 5.74) is -1.43. The highest BCUT2D eigenvalue weighted by Crippen LogP contribution is 2.39. The SMILES string of the molecule is CC1(F)C=CC(=O)C2OC21. The van der Waals surface area contributed by atoms with Crippen LogP contribution >= 0.6 is 0 Å². The molecular weight excluding hydrogens is 135 g/mol. The van der Waals surface area contributed by atoms with E-state index >= 15 is 0 Å². The van der Waals surface area contributed by atoms with E-state index in [4.69, 9.17) is 4.74 Å². The number of hydrogen-bond acceptors (Lipinski definition) is 2. The summed E-state index contributed by atoms with van der Waals surface area (Å²) >= 11 is 0. The normalized spacial score (nSPS) is 50.8. The second-order valence-electron chi connectivity index (χ2n) is 2.86. The van der Waals surface area contributed by atoms with Gasteiger partial charge in [-0.3, -0.25) is 4.79 Å². The average molecular weight is 142 g/mol. The summed E-state index contributed by atoms with van der Waals surface area (Å²) in [6.07, 6.45) is 1.53. The highest BCUT2D eigenvalue weighted by molar-refractivity contribution is 5.97. The molecule has 0 aromatic carbocycles. The van der Waals surface area contributed by atoms with Gasteiger partial charge in [0.15, 0.2) is 11.5 Å². The molecule has 2 aliphatic rings. The van der Waals surface area contributed by atoms with Gasteiger partial charge in [-0.2, -0.15) is 0 Å². The molecule has 0 aromatic rings. The molecule has 1 aliphatic carbocycles. The molecule has 2 nitrogen and oxygen atoms in total. The highest BCUT2D eigenvalue weighted by Gasteiger charge is 2.57. The fraction of sp³-hybridized carbons (Fsp3) is 0.571.